The average Bonchev–Trinajstić information content (AvgIpc) is 2.83. The van der Waals surface area contributed by atoms with Crippen LogP contribution >= 0.6 is 0 Å². The lowest BCUT2D eigenvalue weighted by molar-refractivity contribution is -0.274. The molecule has 2 aromatic rings. The summed E-state index contributed by atoms with van der Waals surface area (Å²) in [6, 6.07) is 5.81. The first kappa shape index (κ1) is 14.3. The van der Waals surface area contributed by atoms with Gasteiger partial charge < -0.3 is 10.5 Å². The van der Waals surface area contributed by atoms with Gasteiger partial charge in [-0.2, -0.15) is 0 Å². The van der Waals surface area contributed by atoms with Gasteiger partial charge in [-0.25, -0.2) is 0 Å². The van der Waals surface area contributed by atoms with Crippen molar-refractivity contribution in [1.82, 2.24) is 15.0 Å². The molecule has 0 atom stereocenters. The Bertz CT molecular complexity index is 568. The number of nitrogens with zero attached hydrogens (tertiary/aromatic N) is 3. The molecule has 0 amide bonds. The molecule has 108 valence electrons. The van der Waals surface area contributed by atoms with Crippen molar-refractivity contribution in [1.29, 1.82) is 0 Å². The van der Waals surface area contributed by atoms with E-state index in [4.69, 9.17) is 5.73 Å². The molecule has 20 heavy (non-hydrogen) atoms. The van der Waals surface area contributed by atoms with Gasteiger partial charge in [0, 0.05) is 12.1 Å². The van der Waals surface area contributed by atoms with E-state index < -0.39 is 6.36 Å². The molecule has 0 unspecified atom stereocenters. The molecule has 1 aromatic heterocycles. The van der Waals surface area contributed by atoms with Crippen LogP contribution in [0, 0.1) is 0 Å². The Morgan fingerprint density at radius 1 is 1.25 bits per heavy atom. The first-order chi connectivity index (χ1) is 9.49. The van der Waals surface area contributed by atoms with Crippen LogP contribution in [0.3, 0.4) is 0 Å². The number of hydrogen-bond acceptors (Lipinski definition) is 4. The summed E-state index contributed by atoms with van der Waals surface area (Å²) in [6.45, 7) is 1.06. The molecule has 0 saturated carbocycles. The molecule has 0 bridgehead atoms. The van der Waals surface area contributed by atoms with Gasteiger partial charge in [0.2, 0.25) is 0 Å². The lowest BCUT2D eigenvalue weighted by Gasteiger charge is -2.11. The number of aromatic nitrogens is 3. The number of alkyl halides is 3. The van der Waals surface area contributed by atoms with Crippen molar-refractivity contribution in [3.05, 3.63) is 30.5 Å². The highest BCUT2D eigenvalue weighted by atomic mass is 19.4. The monoisotopic (exact) mass is 286 g/mol. The van der Waals surface area contributed by atoms with Gasteiger partial charge in [-0.3, -0.25) is 4.68 Å². The predicted octanol–water partition coefficient (Wildman–Crippen LogP) is 2.19. The Morgan fingerprint density at radius 2 is 2.00 bits per heavy atom. The SMILES string of the molecule is NCCCn1cc(-c2ccccc2OC(F)(F)F)nn1. The van der Waals surface area contributed by atoms with Crippen LogP contribution in [-0.2, 0) is 6.54 Å². The van der Waals surface area contributed by atoms with E-state index in [2.05, 4.69) is 15.0 Å². The Balaban J connectivity index is 2.26. The Morgan fingerprint density at radius 3 is 2.70 bits per heavy atom. The quantitative estimate of drug-likeness (QED) is 0.915. The zero-order valence-electron chi connectivity index (χ0n) is 10.5. The molecule has 1 aromatic carbocycles. The number of nitrogens with two attached hydrogens (primary N) is 1. The molecule has 8 heteroatoms. The van der Waals surface area contributed by atoms with Gasteiger partial charge in [0.1, 0.15) is 11.4 Å². The minimum Gasteiger partial charge on any atom is -0.405 e. The largest absolute Gasteiger partial charge is 0.573 e. The fourth-order valence-electron chi connectivity index (χ4n) is 1.68. The van der Waals surface area contributed by atoms with Crippen LogP contribution in [0.5, 0.6) is 5.75 Å². The molecule has 0 spiro atoms. The van der Waals surface area contributed by atoms with Crippen LogP contribution in [0.15, 0.2) is 30.5 Å². The second-order valence-electron chi connectivity index (χ2n) is 4.05. The maximum absolute atomic E-state index is 12.3. The topological polar surface area (TPSA) is 66.0 Å². The van der Waals surface area contributed by atoms with Crippen molar-refractivity contribution >= 4 is 0 Å². The standard InChI is InChI=1S/C12H13F3N4O/c13-12(14,15)20-11-5-2-1-4-9(11)10-8-19(18-17-10)7-3-6-16/h1-2,4-5,8H,3,6-7,16H2. The van der Waals surface area contributed by atoms with Crippen molar-refractivity contribution in [3.63, 3.8) is 0 Å². The van der Waals surface area contributed by atoms with Gasteiger partial charge >= 0.3 is 6.36 Å². The van der Waals surface area contributed by atoms with Crippen LogP contribution in [0.4, 0.5) is 13.2 Å². The summed E-state index contributed by atoms with van der Waals surface area (Å²) < 4.78 is 42.5. The van der Waals surface area contributed by atoms with E-state index in [1.54, 1.807) is 12.3 Å². The molecule has 0 aliphatic rings. The number of rotatable bonds is 5. The number of benzene rings is 1. The zero-order chi connectivity index (χ0) is 14.6. The lowest BCUT2D eigenvalue weighted by Crippen LogP contribution is -2.17. The van der Waals surface area contributed by atoms with Crippen molar-refractivity contribution in [3.8, 4) is 17.0 Å². The van der Waals surface area contributed by atoms with Crippen LogP contribution in [-0.4, -0.2) is 27.9 Å². The van der Waals surface area contributed by atoms with Gasteiger partial charge in [0.15, 0.2) is 0 Å². The zero-order valence-corrected chi connectivity index (χ0v) is 10.5. The van der Waals surface area contributed by atoms with E-state index in [1.807, 2.05) is 0 Å². The molecule has 0 aliphatic heterocycles. The van der Waals surface area contributed by atoms with Gasteiger partial charge in [-0.1, -0.05) is 17.3 Å². The summed E-state index contributed by atoms with van der Waals surface area (Å²) in [7, 11) is 0. The van der Waals surface area contributed by atoms with Crippen molar-refractivity contribution in [2.45, 2.75) is 19.3 Å². The fourth-order valence-corrected chi connectivity index (χ4v) is 1.68. The highest BCUT2D eigenvalue weighted by Crippen LogP contribution is 2.32. The maximum Gasteiger partial charge on any atom is 0.573 e. The van der Waals surface area contributed by atoms with Gasteiger partial charge in [-0.05, 0) is 25.1 Å². The van der Waals surface area contributed by atoms with Crippen LogP contribution in [0.2, 0.25) is 0 Å². The number of halogens is 3. The molecule has 5 nitrogen and oxygen atoms in total. The van der Waals surface area contributed by atoms with Crippen LogP contribution in [0.25, 0.3) is 11.3 Å². The number of ether oxygens (including phenoxy) is 1. The molecule has 2 rings (SSSR count). The molecule has 0 saturated heterocycles. The first-order valence-electron chi connectivity index (χ1n) is 5.95. The predicted molar refractivity (Wildman–Crippen MR) is 65.8 cm³/mol. The second kappa shape index (κ2) is 5.91. The van der Waals surface area contributed by atoms with E-state index in [0.717, 1.165) is 0 Å². The lowest BCUT2D eigenvalue weighted by atomic mass is 10.1. The van der Waals surface area contributed by atoms with Crippen molar-refractivity contribution in [2.75, 3.05) is 6.54 Å². The summed E-state index contributed by atoms with van der Waals surface area (Å²) >= 11 is 0. The smallest absolute Gasteiger partial charge is 0.405 e. The fraction of sp³-hybridized carbons (Fsp3) is 0.333. The highest BCUT2D eigenvalue weighted by Gasteiger charge is 2.32. The normalized spacial score (nSPS) is 11.6. The number of hydrogen-bond donors (Lipinski definition) is 1. The molecule has 0 fully saturated rings. The third kappa shape index (κ3) is 3.70. The summed E-state index contributed by atoms with van der Waals surface area (Å²) in [5.74, 6) is -0.300. The van der Waals surface area contributed by atoms with E-state index in [-0.39, 0.29) is 11.3 Å². The Kier molecular flexibility index (Phi) is 4.23. The molecule has 0 radical (unpaired) electrons. The van der Waals surface area contributed by atoms with E-state index in [9.17, 15) is 13.2 Å². The number of para-hydroxylation sites is 1. The summed E-state index contributed by atoms with van der Waals surface area (Å²) in [5, 5.41) is 7.70. The Labute approximate surface area is 113 Å². The molecule has 1 heterocycles. The van der Waals surface area contributed by atoms with Gasteiger partial charge in [-0.15, -0.1) is 18.3 Å². The molecule has 2 N–H and O–H groups in total. The summed E-state index contributed by atoms with van der Waals surface area (Å²) in [6.07, 6.45) is -2.47. The van der Waals surface area contributed by atoms with Gasteiger partial charge in [0.05, 0.1) is 6.20 Å². The second-order valence-corrected chi connectivity index (χ2v) is 4.05. The van der Waals surface area contributed by atoms with Gasteiger partial charge in [0.25, 0.3) is 0 Å². The molecular weight excluding hydrogens is 273 g/mol. The van der Waals surface area contributed by atoms with Crippen molar-refractivity contribution in [2.24, 2.45) is 5.73 Å². The highest BCUT2D eigenvalue weighted by molar-refractivity contribution is 5.66. The van der Waals surface area contributed by atoms with E-state index in [0.29, 0.717) is 25.2 Å². The third-order valence-electron chi connectivity index (χ3n) is 2.52. The summed E-state index contributed by atoms with van der Waals surface area (Å²) in [5.41, 5.74) is 5.94. The summed E-state index contributed by atoms with van der Waals surface area (Å²) in [4.78, 5) is 0. The number of aryl methyl sites for hydroxylation is 1. The van der Waals surface area contributed by atoms with Crippen LogP contribution < -0.4 is 10.5 Å². The maximum atomic E-state index is 12.3. The molecule has 0 aliphatic carbocycles. The first-order valence-corrected chi connectivity index (χ1v) is 5.95. The molecular formula is C12H13F3N4O. The van der Waals surface area contributed by atoms with Crippen LogP contribution in [0.1, 0.15) is 6.42 Å². The van der Waals surface area contributed by atoms with E-state index >= 15 is 0 Å². The third-order valence-corrected chi connectivity index (χ3v) is 2.52. The minimum atomic E-state index is -4.74. The Hall–Kier alpha value is -2.09. The average molecular weight is 286 g/mol. The minimum absolute atomic E-state index is 0.240. The van der Waals surface area contributed by atoms with Crippen molar-refractivity contribution < 1.29 is 17.9 Å². The van der Waals surface area contributed by atoms with E-state index in [1.165, 1.54) is 22.9 Å².